The Hall–Kier alpha value is 0.494. The van der Waals surface area contributed by atoms with Gasteiger partial charge in [-0.3, -0.25) is 15.6 Å². The zero-order valence-corrected chi connectivity index (χ0v) is 11.3. The van der Waals surface area contributed by atoms with Crippen molar-refractivity contribution in [3.05, 3.63) is 29.8 Å². The Kier molecular flexibility index (Phi) is 8.16. The van der Waals surface area contributed by atoms with Crippen molar-refractivity contribution in [3.63, 3.8) is 0 Å². The molecule has 0 aromatic heterocycles. The molecule has 0 heterocycles. The Balaban J connectivity index is 0.00000144. The molecule has 1 rings (SSSR count). The SMILES string of the molecule is O=COCc1ccc(S[S-])cc1.[Y]. The van der Waals surface area contributed by atoms with E-state index in [1.165, 1.54) is 10.8 Å². The second kappa shape index (κ2) is 7.86. The van der Waals surface area contributed by atoms with E-state index in [1.54, 1.807) is 0 Å². The van der Waals surface area contributed by atoms with Gasteiger partial charge in [0.25, 0.3) is 6.47 Å². The van der Waals surface area contributed by atoms with Gasteiger partial charge in [-0.15, -0.1) is 0 Å². The van der Waals surface area contributed by atoms with Crippen molar-refractivity contribution >= 4 is 28.9 Å². The molecule has 1 aromatic carbocycles. The molecule has 1 aromatic rings. The molecule has 13 heavy (non-hydrogen) atoms. The number of carbonyl (C=O) groups excluding carboxylic acids is 1. The normalized spacial score (nSPS) is 8.69. The van der Waals surface area contributed by atoms with Crippen LogP contribution >= 0.6 is 10.8 Å². The van der Waals surface area contributed by atoms with Crippen molar-refractivity contribution in [1.29, 1.82) is 0 Å². The Morgan fingerprint density at radius 3 is 2.46 bits per heavy atom. The molecule has 0 bridgehead atoms. The molecule has 1 radical (unpaired) electrons. The predicted molar refractivity (Wildman–Crippen MR) is 50.5 cm³/mol. The van der Waals surface area contributed by atoms with Crippen LogP contribution in [0.5, 0.6) is 0 Å². The molecule has 0 amide bonds. The maximum absolute atomic E-state index is 9.86. The quantitative estimate of drug-likeness (QED) is 0.480. The van der Waals surface area contributed by atoms with Gasteiger partial charge in [-0.05, 0) is 10.5 Å². The van der Waals surface area contributed by atoms with Crippen LogP contribution in [0.4, 0.5) is 0 Å². The summed E-state index contributed by atoms with van der Waals surface area (Å²) in [6, 6.07) is 7.58. The standard InChI is InChI=1S/C8H8O2S2.Y/c9-6-10-5-7-1-3-8(12-11)4-2-7;/h1-4,6,11H,5H2;/p-1. The molecule has 0 aliphatic rings. The van der Waals surface area contributed by atoms with Gasteiger partial charge in [0.15, 0.2) is 0 Å². The van der Waals surface area contributed by atoms with Gasteiger partial charge in [0.1, 0.15) is 6.61 Å². The fourth-order valence-corrected chi connectivity index (χ4v) is 1.35. The van der Waals surface area contributed by atoms with Gasteiger partial charge in [-0.25, -0.2) is 0 Å². The van der Waals surface area contributed by atoms with Crippen LogP contribution < -0.4 is 0 Å². The molecule has 0 aliphatic heterocycles. The van der Waals surface area contributed by atoms with E-state index in [9.17, 15) is 4.79 Å². The summed E-state index contributed by atoms with van der Waals surface area (Å²) in [4.78, 5) is 10.9. The number of rotatable bonds is 4. The first-order valence-electron chi connectivity index (χ1n) is 3.31. The molecule has 0 aliphatic carbocycles. The fourth-order valence-electron chi connectivity index (χ4n) is 0.771. The summed E-state index contributed by atoms with van der Waals surface area (Å²) in [5.41, 5.74) is 0.968. The van der Waals surface area contributed by atoms with Gasteiger partial charge in [-0.2, -0.15) is 0 Å². The zero-order valence-electron chi connectivity index (χ0n) is 6.80. The summed E-state index contributed by atoms with van der Waals surface area (Å²) in [5, 5.41) is 0. The minimum absolute atomic E-state index is 0. The number of ether oxygens (including phenoxy) is 1. The van der Waals surface area contributed by atoms with E-state index < -0.39 is 0 Å². The average Bonchev–Trinajstić information content (AvgIpc) is 2.15. The van der Waals surface area contributed by atoms with Crippen LogP contribution in [-0.2, 0) is 60.5 Å². The Morgan fingerprint density at radius 2 is 2.00 bits per heavy atom. The summed E-state index contributed by atoms with van der Waals surface area (Å²) in [5.74, 6) is 0. The first-order chi connectivity index (χ1) is 5.86. The first kappa shape index (κ1) is 13.5. The van der Waals surface area contributed by atoms with Crippen LogP contribution in [0.3, 0.4) is 0 Å². The second-order valence-electron chi connectivity index (χ2n) is 2.13. The fraction of sp³-hybridized carbons (Fsp3) is 0.125. The van der Waals surface area contributed by atoms with E-state index in [-0.39, 0.29) is 32.7 Å². The van der Waals surface area contributed by atoms with Crippen molar-refractivity contribution in [2.24, 2.45) is 0 Å². The Bertz CT molecular complexity index is 251. The smallest absolute Gasteiger partial charge is 0.293 e. The van der Waals surface area contributed by atoms with Gasteiger partial charge < -0.3 is 16.4 Å². The van der Waals surface area contributed by atoms with Crippen LogP contribution in [0.25, 0.3) is 0 Å². The molecule has 0 atom stereocenters. The van der Waals surface area contributed by atoms with Gasteiger partial charge >= 0.3 is 0 Å². The Morgan fingerprint density at radius 1 is 1.38 bits per heavy atom. The molecule has 0 saturated heterocycles. The first-order valence-corrected chi connectivity index (χ1v) is 5.05. The Labute approximate surface area is 111 Å². The van der Waals surface area contributed by atoms with E-state index >= 15 is 0 Å². The molecule has 2 nitrogen and oxygen atoms in total. The van der Waals surface area contributed by atoms with Crippen LogP contribution in [0.2, 0.25) is 0 Å². The zero-order chi connectivity index (χ0) is 8.81. The van der Waals surface area contributed by atoms with Crippen molar-refractivity contribution in [1.82, 2.24) is 0 Å². The third-order valence-corrected chi connectivity index (χ3v) is 2.38. The van der Waals surface area contributed by atoms with E-state index in [0.29, 0.717) is 13.1 Å². The van der Waals surface area contributed by atoms with Crippen molar-refractivity contribution in [3.8, 4) is 0 Å². The van der Waals surface area contributed by atoms with E-state index in [4.69, 9.17) is 11.7 Å². The van der Waals surface area contributed by atoms with E-state index in [2.05, 4.69) is 4.74 Å². The number of benzene rings is 1. The van der Waals surface area contributed by atoms with Gasteiger partial charge in [0, 0.05) is 32.7 Å². The number of hydrogen-bond acceptors (Lipinski definition) is 4. The maximum Gasteiger partial charge on any atom is 0.293 e. The van der Waals surface area contributed by atoms with Gasteiger partial charge in [0.2, 0.25) is 0 Å². The summed E-state index contributed by atoms with van der Waals surface area (Å²) in [7, 11) is 1.27. The van der Waals surface area contributed by atoms with E-state index in [1.807, 2.05) is 24.3 Å². The van der Waals surface area contributed by atoms with Gasteiger partial charge in [0.05, 0.1) is 0 Å². The molecule has 0 spiro atoms. The van der Waals surface area contributed by atoms with Crippen molar-refractivity contribution < 1.29 is 42.2 Å². The largest absolute Gasteiger partial charge is 0.714 e. The number of carbonyl (C=O) groups is 1. The topological polar surface area (TPSA) is 26.3 Å². The van der Waals surface area contributed by atoms with Gasteiger partial charge in [-0.1, -0.05) is 24.3 Å². The second-order valence-corrected chi connectivity index (χ2v) is 3.27. The minimum Gasteiger partial charge on any atom is -0.714 e. The molecule has 67 valence electrons. The number of hydrogen-bond donors (Lipinski definition) is 0. The van der Waals surface area contributed by atoms with Crippen LogP contribution in [0.1, 0.15) is 5.56 Å². The molecular formula is C8H7O2S2Y-. The van der Waals surface area contributed by atoms with Crippen LogP contribution in [-0.4, -0.2) is 6.47 Å². The summed E-state index contributed by atoms with van der Waals surface area (Å²) >= 11 is 4.78. The summed E-state index contributed by atoms with van der Waals surface area (Å²) < 4.78 is 4.58. The molecule has 0 unspecified atom stereocenters. The summed E-state index contributed by atoms with van der Waals surface area (Å²) in [6.07, 6.45) is 0. The van der Waals surface area contributed by atoms with Crippen LogP contribution in [0, 0.1) is 0 Å². The monoisotopic (exact) mass is 288 g/mol. The third kappa shape index (κ3) is 5.06. The molecule has 5 heteroatoms. The summed E-state index contributed by atoms with van der Waals surface area (Å²) in [6.45, 7) is 0.765. The van der Waals surface area contributed by atoms with E-state index in [0.717, 1.165) is 10.5 Å². The van der Waals surface area contributed by atoms with Crippen molar-refractivity contribution in [2.45, 2.75) is 11.5 Å². The molecule has 0 fully saturated rings. The molecule has 0 N–H and O–H groups in total. The van der Waals surface area contributed by atoms with Crippen molar-refractivity contribution in [2.75, 3.05) is 0 Å². The molecule has 0 saturated carbocycles. The predicted octanol–water partition coefficient (Wildman–Crippen LogP) is 1.91. The average molecular weight is 288 g/mol. The third-order valence-electron chi connectivity index (χ3n) is 1.34. The minimum atomic E-state index is 0. The maximum atomic E-state index is 9.86. The molecular weight excluding hydrogens is 281 g/mol. The van der Waals surface area contributed by atoms with Crippen LogP contribution in [0.15, 0.2) is 29.2 Å².